The SMILES string of the molecule is CC1CC(N)CCN1CC(=O)N(C1=CCCCC1)C1CC1. The summed E-state index contributed by atoms with van der Waals surface area (Å²) in [6, 6.07) is 1.23. The molecule has 0 aromatic heterocycles. The molecule has 0 radical (unpaired) electrons. The first-order valence-electron chi connectivity index (χ1n) is 8.66. The molecular weight excluding hydrogens is 262 g/mol. The number of nitrogens with two attached hydrogens (primary N) is 1. The third-order valence-corrected chi connectivity index (χ3v) is 5.15. The van der Waals surface area contributed by atoms with E-state index >= 15 is 0 Å². The summed E-state index contributed by atoms with van der Waals surface area (Å²) in [5, 5.41) is 0. The summed E-state index contributed by atoms with van der Waals surface area (Å²) in [6.07, 6.45) is 11.4. The van der Waals surface area contributed by atoms with Crippen molar-refractivity contribution in [3.05, 3.63) is 11.8 Å². The monoisotopic (exact) mass is 291 g/mol. The summed E-state index contributed by atoms with van der Waals surface area (Å²) in [7, 11) is 0. The summed E-state index contributed by atoms with van der Waals surface area (Å²) < 4.78 is 0. The van der Waals surface area contributed by atoms with Crippen molar-refractivity contribution >= 4 is 5.91 Å². The van der Waals surface area contributed by atoms with E-state index in [1.165, 1.54) is 31.4 Å². The standard InChI is InChI=1S/C17H29N3O/c1-13-11-14(18)9-10-19(13)12-17(21)20(16-7-8-16)15-5-3-2-4-6-15/h5,13-14,16H,2-4,6-12,18H2,1H3. The van der Waals surface area contributed by atoms with Crippen molar-refractivity contribution in [2.45, 2.75) is 76.4 Å². The van der Waals surface area contributed by atoms with Gasteiger partial charge in [0.15, 0.2) is 0 Å². The van der Waals surface area contributed by atoms with Crippen LogP contribution in [-0.2, 0) is 4.79 Å². The number of rotatable bonds is 4. The summed E-state index contributed by atoms with van der Waals surface area (Å²) in [5.41, 5.74) is 7.32. The van der Waals surface area contributed by atoms with Crippen LogP contribution in [0, 0.1) is 0 Å². The van der Waals surface area contributed by atoms with Crippen LogP contribution < -0.4 is 5.73 Å². The van der Waals surface area contributed by atoms with Crippen molar-refractivity contribution in [2.24, 2.45) is 5.73 Å². The summed E-state index contributed by atoms with van der Waals surface area (Å²) >= 11 is 0. The largest absolute Gasteiger partial charge is 0.328 e. The smallest absolute Gasteiger partial charge is 0.241 e. The number of carbonyl (C=O) groups excluding carboxylic acids is 1. The minimum atomic E-state index is 0.312. The number of carbonyl (C=O) groups is 1. The molecule has 0 aromatic carbocycles. The minimum absolute atomic E-state index is 0.312. The Labute approximate surface area is 128 Å². The molecule has 0 bridgehead atoms. The Morgan fingerprint density at radius 3 is 2.81 bits per heavy atom. The molecule has 0 aromatic rings. The molecule has 2 N–H and O–H groups in total. The molecule has 21 heavy (non-hydrogen) atoms. The van der Waals surface area contributed by atoms with Gasteiger partial charge in [-0.2, -0.15) is 0 Å². The van der Waals surface area contributed by atoms with Gasteiger partial charge in [0.2, 0.25) is 5.91 Å². The number of hydrogen-bond acceptors (Lipinski definition) is 3. The van der Waals surface area contributed by atoms with Crippen LogP contribution in [0.15, 0.2) is 11.8 Å². The summed E-state index contributed by atoms with van der Waals surface area (Å²) in [4.78, 5) is 17.3. The van der Waals surface area contributed by atoms with Gasteiger partial charge in [-0.05, 0) is 58.3 Å². The zero-order valence-electron chi connectivity index (χ0n) is 13.3. The first-order valence-corrected chi connectivity index (χ1v) is 8.66. The Bertz CT molecular complexity index is 416. The fourth-order valence-electron chi connectivity index (χ4n) is 3.71. The maximum absolute atomic E-state index is 12.8. The number of likely N-dealkylation sites (tertiary alicyclic amines) is 1. The quantitative estimate of drug-likeness (QED) is 0.864. The molecule has 118 valence electrons. The molecule has 2 aliphatic carbocycles. The lowest BCUT2D eigenvalue weighted by Crippen LogP contribution is -2.50. The summed E-state index contributed by atoms with van der Waals surface area (Å²) in [5.74, 6) is 0.313. The molecule has 1 aliphatic heterocycles. The third-order valence-electron chi connectivity index (χ3n) is 5.15. The van der Waals surface area contributed by atoms with Gasteiger partial charge in [0.1, 0.15) is 0 Å². The normalized spacial score (nSPS) is 30.9. The highest BCUT2D eigenvalue weighted by Crippen LogP contribution is 2.34. The molecule has 2 unspecified atom stereocenters. The highest BCUT2D eigenvalue weighted by atomic mass is 16.2. The Morgan fingerprint density at radius 1 is 1.38 bits per heavy atom. The van der Waals surface area contributed by atoms with E-state index in [0.717, 1.165) is 32.2 Å². The molecule has 1 saturated carbocycles. The molecule has 2 fully saturated rings. The van der Waals surface area contributed by atoms with Crippen molar-refractivity contribution in [3.8, 4) is 0 Å². The van der Waals surface area contributed by atoms with E-state index in [-0.39, 0.29) is 0 Å². The van der Waals surface area contributed by atoms with E-state index < -0.39 is 0 Å². The molecule has 1 amide bonds. The lowest BCUT2D eigenvalue weighted by molar-refractivity contribution is -0.132. The molecule has 2 atom stereocenters. The van der Waals surface area contributed by atoms with Gasteiger partial charge in [0, 0.05) is 30.4 Å². The van der Waals surface area contributed by atoms with Gasteiger partial charge < -0.3 is 10.6 Å². The lowest BCUT2D eigenvalue weighted by atomic mass is 9.99. The van der Waals surface area contributed by atoms with Crippen molar-refractivity contribution in [2.75, 3.05) is 13.1 Å². The Kier molecular flexibility index (Phi) is 4.65. The second kappa shape index (κ2) is 6.49. The maximum atomic E-state index is 12.8. The van der Waals surface area contributed by atoms with Gasteiger partial charge in [0.05, 0.1) is 6.54 Å². The second-order valence-corrected chi connectivity index (χ2v) is 7.04. The topological polar surface area (TPSA) is 49.6 Å². The highest BCUT2D eigenvalue weighted by Gasteiger charge is 2.36. The number of amides is 1. The highest BCUT2D eigenvalue weighted by molar-refractivity contribution is 5.81. The Morgan fingerprint density at radius 2 is 2.19 bits per heavy atom. The van der Waals surface area contributed by atoms with E-state index in [9.17, 15) is 4.79 Å². The van der Waals surface area contributed by atoms with Crippen LogP contribution in [-0.4, -0.2) is 46.9 Å². The molecule has 1 heterocycles. The number of nitrogens with zero attached hydrogens (tertiary/aromatic N) is 2. The molecule has 3 rings (SSSR count). The molecule has 4 heteroatoms. The number of hydrogen-bond donors (Lipinski definition) is 1. The van der Waals surface area contributed by atoms with Gasteiger partial charge in [-0.3, -0.25) is 9.69 Å². The fraction of sp³-hybridized carbons (Fsp3) is 0.824. The average molecular weight is 291 g/mol. The van der Waals surface area contributed by atoms with Gasteiger partial charge in [0.25, 0.3) is 0 Å². The van der Waals surface area contributed by atoms with Crippen LogP contribution in [0.25, 0.3) is 0 Å². The minimum Gasteiger partial charge on any atom is -0.328 e. The van der Waals surface area contributed by atoms with Crippen LogP contribution in [0.1, 0.15) is 58.3 Å². The third kappa shape index (κ3) is 3.67. The van der Waals surface area contributed by atoms with Crippen LogP contribution in [0.2, 0.25) is 0 Å². The van der Waals surface area contributed by atoms with Crippen LogP contribution >= 0.6 is 0 Å². The number of piperidine rings is 1. The molecule has 4 nitrogen and oxygen atoms in total. The van der Waals surface area contributed by atoms with Crippen molar-refractivity contribution < 1.29 is 4.79 Å². The van der Waals surface area contributed by atoms with Crippen LogP contribution in [0.4, 0.5) is 0 Å². The van der Waals surface area contributed by atoms with E-state index in [1.807, 2.05) is 0 Å². The molecular formula is C17H29N3O. The first-order chi connectivity index (χ1) is 10.1. The van der Waals surface area contributed by atoms with Gasteiger partial charge in [-0.15, -0.1) is 0 Å². The van der Waals surface area contributed by atoms with E-state index in [1.54, 1.807) is 0 Å². The second-order valence-electron chi connectivity index (χ2n) is 7.04. The van der Waals surface area contributed by atoms with E-state index in [4.69, 9.17) is 5.73 Å². The van der Waals surface area contributed by atoms with Crippen molar-refractivity contribution in [1.82, 2.24) is 9.80 Å². The maximum Gasteiger partial charge on any atom is 0.241 e. The van der Waals surface area contributed by atoms with Gasteiger partial charge in [-0.25, -0.2) is 0 Å². The Hall–Kier alpha value is -0.870. The van der Waals surface area contributed by atoms with Crippen LogP contribution in [0.5, 0.6) is 0 Å². The zero-order valence-corrected chi connectivity index (χ0v) is 13.3. The predicted molar refractivity (Wildman–Crippen MR) is 84.7 cm³/mol. The predicted octanol–water partition coefficient (Wildman–Crippen LogP) is 2.25. The van der Waals surface area contributed by atoms with Crippen molar-refractivity contribution in [1.29, 1.82) is 0 Å². The number of allylic oxidation sites excluding steroid dienone is 2. The molecule has 3 aliphatic rings. The first kappa shape index (κ1) is 15.0. The van der Waals surface area contributed by atoms with E-state index in [2.05, 4.69) is 22.8 Å². The zero-order chi connectivity index (χ0) is 14.8. The summed E-state index contributed by atoms with van der Waals surface area (Å²) in [6.45, 7) is 3.74. The van der Waals surface area contributed by atoms with Crippen molar-refractivity contribution in [3.63, 3.8) is 0 Å². The molecule has 0 spiro atoms. The average Bonchev–Trinajstić information content (AvgIpc) is 3.28. The van der Waals surface area contributed by atoms with Gasteiger partial charge >= 0.3 is 0 Å². The Balaban J connectivity index is 1.63. The fourth-order valence-corrected chi connectivity index (χ4v) is 3.71. The molecule has 1 saturated heterocycles. The van der Waals surface area contributed by atoms with E-state index in [0.29, 0.717) is 30.6 Å². The lowest BCUT2D eigenvalue weighted by Gasteiger charge is -2.37. The van der Waals surface area contributed by atoms with Gasteiger partial charge in [-0.1, -0.05) is 6.08 Å². The van der Waals surface area contributed by atoms with Crippen LogP contribution in [0.3, 0.4) is 0 Å².